The molecular weight excluding hydrogens is 641 g/mol. The van der Waals surface area contributed by atoms with Gasteiger partial charge in [-0.25, -0.2) is 14.8 Å². The van der Waals surface area contributed by atoms with Crippen LogP contribution in [0.25, 0.3) is 21.3 Å². The smallest absolute Gasteiger partial charge is 0.355 e. The highest BCUT2D eigenvalue weighted by Gasteiger charge is 2.26. The number of carbonyl (C=O) groups excluding carboxylic acids is 1. The number of para-hydroxylation sites is 2. The van der Waals surface area contributed by atoms with Crippen molar-refractivity contribution in [1.29, 1.82) is 0 Å². The Bertz CT molecular complexity index is 2140. The van der Waals surface area contributed by atoms with Gasteiger partial charge in [0.05, 0.1) is 29.6 Å². The molecule has 1 aliphatic rings. The molecule has 2 N–H and O–H groups in total. The number of benzene rings is 3. The van der Waals surface area contributed by atoms with E-state index in [1.54, 1.807) is 19.4 Å². The number of aromatic nitrogens is 4. The molecule has 0 bridgehead atoms. The Balaban J connectivity index is 1.12. The van der Waals surface area contributed by atoms with E-state index in [-0.39, 0.29) is 11.6 Å². The molecule has 4 heterocycles. The van der Waals surface area contributed by atoms with Crippen molar-refractivity contribution in [2.24, 2.45) is 0 Å². The van der Waals surface area contributed by atoms with Crippen molar-refractivity contribution >= 4 is 44.4 Å². The van der Waals surface area contributed by atoms with E-state index < -0.39 is 5.97 Å². The minimum atomic E-state index is -1.13. The zero-order chi connectivity index (χ0) is 33.9. The lowest BCUT2D eigenvalue weighted by molar-refractivity contribution is 0.0691. The number of nitrogens with one attached hydrogen (secondary N) is 1. The number of carboxylic acid groups (broad SMARTS) is 1. The largest absolute Gasteiger partial charge is 0.491 e. The van der Waals surface area contributed by atoms with Crippen LogP contribution in [-0.4, -0.2) is 63.6 Å². The van der Waals surface area contributed by atoms with E-state index in [9.17, 15) is 14.7 Å². The molecule has 7 rings (SSSR count). The van der Waals surface area contributed by atoms with E-state index in [0.717, 1.165) is 38.4 Å². The number of fused-ring (bicyclic) bond motifs is 2. The molecule has 12 heteroatoms. The molecule has 0 atom stereocenters. The Morgan fingerprint density at radius 2 is 1.80 bits per heavy atom. The monoisotopic (exact) mass is 674 g/mol. The third kappa shape index (κ3) is 6.60. The van der Waals surface area contributed by atoms with Crippen molar-refractivity contribution in [3.8, 4) is 16.9 Å². The maximum atomic E-state index is 13.5. The van der Waals surface area contributed by atoms with Gasteiger partial charge in [0, 0.05) is 48.1 Å². The van der Waals surface area contributed by atoms with Crippen molar-refractivity contribution in [3.63, 3.8) is 0 Å². The van der Waals surface area contributed by atoms with Crippen LogP contribution in [0.5, 0.6) is 5.75 Å². The fourth-order valence-corrected chi connectivity index (χ4v) is 6.99. The number of hydrogen-bond acceptors (Lipinski definition) is 9. The predicted molar refractivity (Wildman–Crippen MR) is 189 cm³/mol. The molecule has 0 radical (unpaired) electrons. The number of hydrogen-bond donors (Lipinski definition) is 2. The number of thiazole rings is 1. The second kappa shape index (κ2) is 13.9. The van der Waals surface area contributed by atoms with E-state index in [4.69, 9.17) is 9.47 Å². The van der Waals surface area contributed by atoms with Crippen molar-refractivity contribution < 1.29 is 24.2 Å². The van der Waals surface area contributed by atoms with Crippen LogP contribution in [0.4, 0.5) is 10.9 Å². The SMILES string of the molecule is COCCOc1ccccc1Cn1ncc(-c2ccc(N3CCc4cccc(C(=O)Nc5nc6ccccc6s5)c4C3)nc2C(=O)O)c1C. The van der Waals surface area contributed by atoms with Crippen LogP contribution in [0.3, 0.4) is 0 Å². The van der Waals surface area contributed by atoms with Crippen LogP contribution < -0.4 is 15.0 Å². The van der Waals surface area contributed by atoms with E-state index in [2.05, 4.69) is 20.4 Å². The lowest BCUT2D eigenvalue weighted by Gasteiger charge is -2.31. The molecular formula is C37H34N6O5S. The van der Waals surface area contributed by atoms with E-state index in [1.165, 1.54) is 11.3 Å². The molecule has 1 aliphatic heterocycles. The van der Waals surface area contributed by atoms with Crippen molar-refractivity contribution in [2.45, 2.75) is 26.4 Å². The van der Waals surface area contributed by atoms with Gasteiger partial charge in [0.1, 0.15) is 18.2 Å². The van der Waals surface area contributed by atoms with E-state index in [0.29, 0.717) is 66.9 Å². The number of pyridine rings is 1. The number of anilines is 2. The number of methoxy groups -OCH3 is 1. The minimum absolute atomic E-state index is 0.0592. The van der Waals surface area contributed by atoms with Crippen LogP contribution in [0.2, 0.25) is 0 Å². The molecule has 3 aromatic heterocycles. The van der Waals surface area contributed by atoms with Gasteiger partial charge in [-0.15, -0.1) is 0 Å². The molecule has 49 heavy (non-hydrogen) atoms. The van der Waals surface area contributed by atoms with E-state index >= 15 is 0 Å². The van der Waals surface area contributed by atoms with Crippen LogP contribution in [0, 0.1) is 6.92 Å². The highest BCUT2D eigenvalue weighted by atomic mass is 32.1. The standard InChI is InChI=1S/C37H34N6O5S/c1-23-28(20-38-43(23)21-25-8-3-5-12-31(25)48-19-18-47-2)26-14-15-33(40-34(26)36(45)46)42-17-16-24-9-7-10-27(29(24)22-42)35(44)41-37-39-30-11-4-6-13-32(30)49-37/h3-15,20H,16-19,21-22H2,1-2H3,(H,45,46)(H,39,41,44). The Kier molecular flexibility index (Phi) is 9.05. The number of rotatable bonds is 11. The van der Waals surface area contributed by atoms with Gasteiger partial charge in [-0.3, -0.25) is 14.8 Å². The van der Waals surface area contributed by atoms with Crippen LogP contribution in [0.1, 0.15) is 43.2 Å². The van der Waals surface area contributed by atoms with Gasteiger partial charge in [-0.1, -0.05) is 53.8 Å². The Morgan fingerprint density at radius 3 is 2.63 bits per heavy atom. The fraction of sp³-hybridized carbons (Fsp3) is 0.216. The molecule has 6 aromatic rings. The van der Waals surface area contributed by atoms with Gasteiger partial charge in [-0.2, -0.15) is 5.10 Å². The maximum absolute atomic E-state index is 13.5. The number of carbonyl (C=O) groups is 2. The van der Waals surface area contributed by atoms with E-state index in [1.807, 2.05) is 89.3 Å². The summed E-state index contributed by atoms with van der Waals surface area (Å²) in [5.41, 5.74) is 6.23. The topological polar surface area (TPSA) is 132 Å². The molecule has 3 aromatic carbocycles. The summed E-state index contributed by atoms with van der Waals surface area (Å²) in [4.78, 5) is 37.3. The predicted octanol–water partition coefficient (Wildman–Crippen LogP) is 6.45. The van der Waals surface area contributed by atoms with Crippen LogP contribution in [0.15, 0.2) is 85.1 Å². The van der Waals surface area contributed by atoms with Crippen LogP contribution >= 0.6 is 11.3 Å². The highest BCUT2D eigenvalue weighted by molar-refractivity contribution is 7.22. The summed E-state index contributed by atoms with van der Waals surface area (Å²) >= 11 is 1.43. The molecule has 0 saturated heterocycles. The maximum Gasteiger partial charge on any atom is 0.355 e. The Labute approximate surface area is 286 Å². The average Bonchev–Trinajstić information content (AvgIpc) is 3.70. The summed E-state index contributed by atoms with van der Waals surface area (Å²) in [6, 6.07) is 24.9. The minimum Gasteiger partial charge on any atom is -0.491 e. The summed E-state index contributed by atoms with van der Waals surface area (Å²) < 4.78 is 13.8. The van der Waals surface area contributed by atoms with Gasteiger partial charge in [-0.05, 0) is 60.9 Å². The lowest BCUT2D eigenvalue weighted by Crippen LogP contribution is -2.33. The summed E-state index contributed by atoms with van der Waals surface area (Å²) in [6.07, 6.45) is 2.37. The summed E-state index contributed by atoms with van der Waals surface area (Å²) in [7, 11) is 1.63. The first kappa shape index (κ1) is 32.0. The highest BCUT2D eigenvalue weighted by Crippen LogP contribution is 2.32. The second-order valence-corrected chi connectivity index (χ2v) is 12.7. The Hall–Kier alpha value is -5.59. The third-order valence-electron chi connectivity index (χ3n) is 8.67. The van der Waals surface area contributed by atoms with Gasteiger partial charge in [0.25, 0.3) is 5.91 Å². The quantitative estimate of drug-likeness (QED) is 0.149. The first-order valence-corrected chi connectivity index (χ1v) is 16.7. The normalized spacial score (nSPS) is 12.6. The number of aromatic carboxylic acids is 1. The molecule has 0 fully saturated rings. The second-order valence-electron chi connectivity index (χ2n) is 11.7. The third-order valence-corrected chi connectivity index (χ3v) is 9.62. The number of nitrogens with zero attached hydrogens (tertiary/aromatic N) is 5. The molecule has 11 nitrogen and oxygen atoms in total. The number of ether oxygens (including phenoxy) is 2. The zero-order valence-corrected chi connectivity index (χ0v) is 27.9. The molecule has 0 unspecified atom stereocenters. The fourth-order valence-electron chi connectivity index (χ4n) is 6.13. The summed E-state index contributed by atoms with van der Waals surface area (Å²) in [6.45, 7) is 4.31. The molecule has 0 saturated carbocycles. The number of amides is 1. The zero-order valence-electron chi connectivity index (χ0n) is 27.1. The summed E-state index contributed by atoms with van der Waals surface area (Å²) in [5.74, 6) is -0.0905. The van der Waals surface area contributed by atoms with Crippen LogP contribution in [-0.2, 0) is 24.2 Å². The van der Waals surface area contributed by atoms with Gasteiger partial charge in [0.15, 0.2) is 10.8 Å². The molecule has 248 valence electrons. The lowest BCUT2D eigenvalue weighted by atomic mass is 9.94. The molecule has 1 amide bonds. The average molecular weight is 675 g/mol. The number of carboxylic acids is 1. The molecule has 0 spiro atoms. The summed E-state index contributed by atoms with van der Waals surface area (Å²) in [5, 5.41) is 18.4. The van der Waals surface area contributed by atoms with Gasteiger partial charge >= 0.3 is 5.97 Å². The van der Waals surface area contributed by atoms with Gasteiger partial charge in [0.2, 0.25) is 0 Å². The van der Waals surface area contributed by atoms with Crippen molar-refractivity contribution in [3.05, 3.63) is 119 Å². The first-order valence-electron chi connectivity index (χ1n) is 15.9. The van der Waals surface area contributed by atoms with Gasteiger partial charge < -0.3 is 19.5 Å². The first-order chi connectivity index (χ1) is 23.9. The van der Waals surface area contributed by atoms with Crippen molar-refractivity contribution in [1.82, 2.24) is 19.7 Å². The molecule has 0 aliphatic carbocycles. The van der Waals surface area contributed by atoms with Crippen molar-refractivity contribution in [2.75, 3.05) is 37.1 Å². The Morgan fingerprint density at radius 1 is 0.959 bits per heavy atom.